The van der Waals surface area contributed by atoms with E-state index in [1.165, 1.54) is 36.7 Å². The zero-order valence-electron chi connectivity index (χ0n) is 16.7. The molecular formula is C22H19BrN2O4S2. The van der Waals surface area contributed by atoms with E-state index in [0.29, 0.717) is 4.47 Å². The Bertz CT molecular complexity index is 1470. The molecule has 31 heavy (non-hydrogen) atoms. The Kier molecular flexibility index (Phi) is 5.45. The number of nitrogens with zero attached hydrogens (tertiary/aromatic N) is 2. The molecule has 0 aliphatic rings. The third kappa shape index (κ3) is 3.88. The van der Waals surface area contributed by atoms with Gasteiger partial charge in [0, 0.05) is 16.9 Å². The van der Waals surface area contributed by atoms with E-state index in [9.17, 15) is 16.8 Å². The first-order valence-electron chi connectivity index (χ1n) is 9.31. The summed E-state index contributed by atoms with van der Waals surface area (Å²) in [5.41, 5.74) is 2.34. The van der Waals surface area contributed by atoms with Gasteiger partial charge in [0.2, 0.25) is 0 Å². The average Bonchev–Trinajstić information content (AvgIpc) is 3.36. The van der Waals surface area contributed by atoms with Gasteiger partial charge in [0.1, 0.15) is 0 Å². The van der Waals surface area contributed by atoms with Gasteiger partial charge in [-0.15, -0.1) is 0 Å². The summed E-state index contributed by atoms with van der Waals surface area (Å²) >= 11 is 3.33. The van der Waals surface area contributed by atoms with Gasteiger partial charge in [0.15, 0.2) is 0 Å². The lowest BCUT2D eigenvalue weighted by Gasteiger charge is -2.14. The second kappa shape index (κ2) is 7.81. The Morgan fingerprint density at radius 2 is 1.16 bits per heavy atom. The molecule has 2 aromatic heterocycles. The van der Waals surface area contributed by atoms with Gasteiger partial charge >= 0.3 is 0 Å². The lowest BCUT2D eigenvalue weighted by molar-refractivity contribution is 0.584. The third-order valence-electron chi connectivity index (χ3n) is 4.88. The van der Waals surface area contributed by atoms with Crippen LogP contribution >= 0.6 is 15.9 Å². The van der Waals surface area contributed by atoms with E-state index < -0.39 is 20.0 Å². The molecule has 0 aliphatic carbocycles. The molecule has 0 aliphatic heterocycles. The van der Waals surface area contributed by atoms with Crippen LogP contribution in [0.15, 0.2) is 93.4 Å². The minimum Gasteiger partial charge on any atom is -0.240 e. The van der Waals surface area contributed by atoms with Gasteiger partial charge in [-0.3, -0.25) is 0 Å². The van der Waals surface area contributed by atoms with Crippen LogP contribution in [0.5, 0.6) is 0 Å². The molecule has 0 saturated carbocycles. The molecule has 2 heterocycles. The van der Waals surface area contributed by atoms with Crippen LogP contribution in [0, 0.1) is 13.8 Å². The van der Waals surface area contributed by atoms with E-state index in [0.717, 1.165) is 19.1 Å². The first-order valence-corrected chi connectivity index (χ1v) is 13.0. The number of halogens is 1. The average molecular weight is 519 g/mol. The Morgan fingerprint density at radius 1 is 0.677 bits per heavy atom. The van der Waals surface area contributed by atoms with Gasteiger partial charge in [-0.05, 0) is 72.2 Å². The molecule has 0 N–H and O–H groups in total. The summed E-state index contributed by atoms with van der Waals surface area (Å²) in [4.78, 5) is 0.232. The number of benzene rings is 2. The van der Waals surface area contributed by atoms with Crippen molar-refractivity contribution in [2.24, 2.45) is 0 Å². The van der Waals surface area contributed by atoms with Gasteiger partial charge in [0.25, 0.3) is 20.0 Å². The molecule has 2 aromatic carbocycles. The van der Waals surface area contributed by atoms with Crippen molar-refractivity contribution in [1.82, 2.24) is 7.94 Å². The Morgan fingerprint density at radius 3 is 1.68 bits per heavy atom. The van der Waals surface area contributed by atoms with Crippen molar-refractivity contribution in [2.45, 2.75) is 23.6 Å². The topological polar surface area (TPSA) is 78.1 Å². The van der Waals surface area contributed by atoms with Crippen LogP contribution in [0.1, 0.15) is 11.1 Å². The maximum absolute atomic E-state index is 13.3. The lowest BCUT2D eigenvalue weighted by atomic mass is 10.2. The van der Waals surface area contributed by atoms with Crippen molar-refractivity contribution >= 4 is 36.0 Å². The predicted octanol–water partition coefficient (Wildman–Crippen LogP) is 4.81. The van der Waals surface area contributed by atoms with Crippen molar-refractivity contribution in [3.8, 4) is 11.4 Å². The smallest absolute Gasteiger partial charge is 0.240 e. The van der Waals surface area contributed by atoms with Crippen LogP contribution in [0.4, 0.5) is 0 Å². The summed E-state index contributed by atoms with van der Waals surface area (Å²) in [7, 11) is -7.87. The number of aryl methyl sites for hydroxylation is 2. The molecule has 0 spiro atoms. The Balaban J connectivity index is 1.88. The van der Waals surface area contributed by atoms with Crippen molar-refractivity contribution in [3.63, 3.8) is 0 Å². The molecule has 0 atom stereocenters. The molecule has 4 rings (SSSR count). The van der Waals surface area contributed by atoms with E-state index >= 15 is 0 Å². The molecule has 0 unspecified atom stereocenters. The zero-order valence-corrected chi connectivity index (χ0v) is 19.9. The maximum Gasteiger partial charge on any atom is 0.268 e. The van der Waals surface area contributed by atoms with Crippen molar-refractivity contribution < 1.29 is 16.8 Å². The molecule has 0 radical (unpaired) electrons. The first-order chi connectivity index (χ1) is 14.6. The second-order valence-electron chi connectivity index (χ2n) is 7.16. The molecule has 0 fully saturated rings. The lowest BCUT2D eigenvalue weighted by Crippen LogP contribution is -2.17. The summed E-state index contributed by atoms with van der Waals surface area (Å²) in [5, 5.41) is 0. The molecule has 4 aromatic rings. The maximum atomic E-state index is 13.3. The van der Waals surface area contributed by atoms with Gasteiger partial charge in [-0.2, -0.15) is 0 Å². The number of rotatable bonds is 5. The molecule has 0 saturated heterocycles. The summed E-state index contributed by atoms with van der Waals surface area (Å²) < 4.78 is 55.9. The molecule has 0 bridgehead atoms. The standard InChI is InChI=1S/C22H19BrN2O4S2/c1-16-5-9-19(10-6-16)30(26,27)24-13-3-4-21(24)22-14-18(23)15-25(22)31(28,29)20-11-7-17(2)8-12-20/h3-15H,1-2H3. The van der Waals surface area contributed by atoms with Gasteiger partial charge in [-0.25, -0.2) is 24.8 Å². The number of hydrogen-bond donors (Lipinski definition) is 0. The van der Waals surface area contributed by atoms with Crippen LogP contribution in [-0.4, -0.2) is 24.8 Å². The van der Waals surface area contributed by atoms with Crippen LogP contribution in [0.3, 0.4) is 0 Å². The fourth-order valence-electron chi connectivity index (χ4n) is 3.22. The van der Waals surface area contributed by atoms with Gasteiger partial charge < -0.3 is 0 Å². The molecular weight excluding hydrogens is 500 g/mol. The minimum atomic E-state index is -3.95. The molecule has 160 valence electrons. The van der Waals surface area contributed by atoms with Crippen LogP contribution in [0.25, 0.3) is 11.4 Å². The second-order valence-corrected chi connectivity index (χ2v) is 11.7. The molecule has 0 amide bonds. The number of hydrogen-bond acceptors (Lipinski definition) is 4. The normalized spacial score (nSPS) is 12.2. The van der Waals surface area contributed by atoms with Crippen molar-refractivity contribution in [2.75, 3.05) is 0 Å². The van der Waals surface area contributed by atoms with E-state index in [4.69, 9.17) is 0 Å². The van der Waals surface area contributed by atoms with Crippen LogP contribution in [-0.2, 0) is 20.0 Å². The Hall–Kier alpha value is -2.62. The van der Waals surface area contributed by atoms with Crippen LogP contribution < -0.4 is 0 Å². The van der Waals surface area contributed by atoms with Gasteiger partial charge in [0.05, 0.1) is 21.2 Å². The van der Waals surface area contributed by atoms with Gasteiger partial charge in [-0.1, -0.05) is 35.4 Å². The first kappa shape index (κ1) is 21.6. The number of aromatic nitrogens is 2. The fourth-order valence-corrected chi connectivity index (χ4v) is 6.49. The zero-order chi connectivity index (χ0) is 22.4. The van der Waals surface area contributed by atoms with E-state index in [-0.39, 0.29) is 21.2 Å². The highest BCUT2D eigenvalue weighted by atomic mass is 79.9. The summed E-state index contributed by atoms with van der Waals surface area (Å²) in [6, 6.07) is 17.7. The monoisotopic (exact) mass is 518 g/mol. The van der Waals surface area contributed by atoms with E-state index in [1.807, 2.05) is 13.8 Å². The van der Waals surface area contributed by atoms with Crippen molar-refractivity contribution in [3.05, 3.63) is 94.7 Å². The highest BCUT2D eigenvalue weighted by Crippen LogP contribution is 2.31. The largest absolute Gasteiger partial charge is 0.268 e. The van der Waals surface area contributed by atoms with Crippen LogP contribution in [0.2, 0.25) is 0 Å². The summed E-state index contributed by atoms with van der Waals surface area (Å²) in [6.45, 7) is 3.74. The van der Waals surface area contributed by atoms with E-state index in [2.05, 4.69) is 15.9 Å². The fraction of sp³-hybridized carbons (Fsp3) is 0.0909. The van der Waals surface area contributed by atoms with E-state index in [1.54, 1.807) is 42.5 Å². The highest BCUT2D eigenvalue weighted by Gasteiger charge is 2.26. The summed E-state index contributed by atoms with van der Waals surface area (Å²) in [5.74, 6) is 0. The predicted molar refractivity (Wildman–Crippen MR) is 123 cm³/mol. The quantitative estimate of drug-likeness (QED) is 0.379. The Labute approximate surface area is 190 Å². The molecule has 6 nitrogen and oxygen atoms in total. The summed E-state index contributed by atoms with van der Waals surface area (Å²) in [6.07, 6.45) is 2.83. The third-order valence-corrected chi connectivity index (χ3v) is 8.71. The molecule has 9 heteroatoms. The van der Waals surface area contributed by atoms with Crippen molar-refractivity contribution in [1.29, 1.82) is 0 Å². The minimum absolute atomic E-state index is 0.113. The SMILES string of the molecule is Cc1ccc(S(=O)(=O)n2cccc2-c2cc(Br)cn2S(=O)(=O)c2ccc(C)cc2)cc1. The highest BCUT2D eigenvalue weighted by molar-refractivity contribution is 9.10.